The molecule has 0 unspecified atom stereocenters. The Morgan fingerprint density at radius 2 is 1.33 bits per heavy atom. The first kappa shape index (κ1) is 46.3. The lowest BCUT2D eigenvalue weighted by Gasteiger charge is -2.40. The number of benzene rings is 4. The maximum absolute atomic E-state index is 14.4. The molecular weight excluding hydrogens is 872 g/mol. The number of alkyl halides is 3. The van der Waals surface area contributed by atoms with E-state index in [9.17, 15) is 26.4 Å². The highest BCUT2D eigenvalue weighted by atomic mass is 32.2. The largest absolute Gasteiger partial charge is 0.523 e. The van der Waals surface area contributed by atoms with E-state index in [0.717, 1.165) is 0 Å². The molecular formula is C45H48F3N5O9SSi. The van der Waals surface area contributed by atoms with Crippen molar-refractivity contribution >= 4 is 41.3 Å². The van der Waals surface area contributed by atoms with Crippen LogP contribution in [0.2, 0.25) is 18.1 Å². The van der Waals surface area contributed by atoms with E-state index < -0.39 is 71.6 Å². The maximum Gasteiger partial charge on any atom is 0.523 e. The van der Waals surface area contributed by atoms with Gasteiger partial charge in [-0.3, -0.25) is 13.5 Å². The Labute approximate surface area is 369 Å². The zero-order valence-electron chi connectivity index (χ0n) is 36.1. The van der Waals surface area contributed by atoms with E-state index >= 15 is 0 Å². The van der Waals surface area contributed by atoms with Gasteiger partial charge < -0.3 is 28.7 Å². The van der Waals surface area contributed by atoms with Gasteiger partial charge in [-0.2, -0.15) is 21.6 Å². The quantitative estimate of drug-likeness (QED) is 0.0453. The molecule has 0 saturated carbocycles. The topological polar surface area (TPSA) is 162 Å². The van der Waals surface area contributed by atoms with Crippen LogP contribution in [0, 0.1) is 0 Å². The molecule has 4 atom stereocenters. The van der Waals surface area contributed by atoms with Gasteiger partial charge in [0.15, 0.2) is 31.5 Å². The third-order valence-corrected chi connectivity index (χ3v) is 17.1. The summed E-state index contributed by atoms with van der Waals surface area (Å²) in [5, 5.41) is 2.21. The molecule has 64 heavy (non-hydrogen) atoms. The van der Waals surface area contributed by atoms with Crippen LogP contribution >= 0.6 is 0 Å². The van der Waals surface area contributed by atoms with Crippen molar-refractivity contribution in [3.8, 4) is 11.5 Å². The van der Waals surface area contributed by atoms with Gasteiger partial charge >= 0.3 is 15.6 Å². The average Bonchev–Trinajstić information content (AvgIpc) is 3.85. The highest BCUT2D eigenvalue weighted by Gasteiger charge is 2.58. The van der Waals surface area contributed by atoms with E-state index in [-0.39, 0.29) is 17.0 Å². The number of imidazole rings is 1. The number of rotatable bonds is 15. The molecule has 338 valence electrons. The minimum absolute atomic E-state index is 0.0384. The molecule has 0 spiro atoms. The lowest BCUT2D eigenvalue weighted by Crippen LogP contribution is -2.51. The molecule has 1 fully saturated rings. The van der Waals surface area contributed by atoms with E-state index in [0.29, 0.717) is 33.8 Å². The predicted octanol–water partition coefficient (Wildman–Crippen LogP) is 8.63. The number of hydrogen-bond donors (Lipinski definition) is 1. The van der Waals surface area contributed by atoms with E-state index in [4.69, 9.17) is 27.6 Å². The smallest absolute Gasteiger partial charge is 0.497 e. The van der Waals surface area contributed by atoms with Crippen molar-refractivity contribution in [1.29, 1.82) is 0 Å². The zero-order chi connectivity index (χ0) is 46.1. The van der Waals surface area contributed by atoms with Crippen LogP contribution in [0.3, 0.4) is 0 Å². The fourth-order valence-corrected chi connectivity index (χ4v) is 9.13. The van der Waals surface area contributed by atoms with Crippen molar-refractivity contribution in [2.75, 3.05) is 26.1 Å². The maximum atomic E-state index is 14.4. The van der Waals surface area contributed by atoms with E-state index in [2.05, 4.69) is 20.3 Å². The molecule has 1 N–H and O–H groups in total. The number of nitrogens with zero attached hydrogens (tertiary/aromatic N) is 4. The Morgan fingerprint density at radius 1 is 0.781 bits per heavy atom. The van der Waals surface area contributed by atoms with Gasteiger partial charge in [-0.15, -0.1) is 0 Å². The molecule has 0 bridgehead atoms. The van der Waals surface area contributed by atoms with Crippen molar-refractivity contribution in [1.82, 2.24) is 19.5 Å². The predicted molar refractivity (Wildman–Crippen MR) is 234 cm³/mol. The van der Waals surface area contributed by atoms with Gasteiger partial charge in [0, 0.05) is 5.56 Å². The number of carbonyl (C=O) groups is 1. The first-order valence-corrected chi connectivity index (χ1v) is 24.5. The van der Waals surface area contributed by atoms with Gasteiger partial charge in [0.1, 0.15) is 41.7 Å². The highest BCUT2D eigenvalue weighted by Crippen LogP contribution is 2.47. The van der Waals surface area contributed by atoms with Crippen molar-refractivity contribution in [2.45, 2.75) is 74.6 Å². The van der Waals surface area contributed by atoms with Gasteiger partial charge in [0.25, 0.3) is 5.91 Å². The summed E-state index contributed by atoms with van der Waals surface area (Å²) in [6, 6.07) is 31.7. The molecule has 0 radical (unpaired) electrons. The molecule has 0 aliphatic carbocycles. The number of aromatic nitrogens is 4. The second-order valence-corrected chi connectivity index (χ2v) is 22.9. The Morgan fingerprint density at radius 3 is 1.86 bits per heavy atom. The Balaban J connectivity index is 1.38. The van der Waals surface area contributed by atoms with Gasteiger partial charge in [-0.25, -0.2) is 15.0 Å². The van der Waals surface area contributed by atoms with Crippen molar-refractivity contribution in [3.63, 3.8) is 0 Å². The summed E-state index contributed by atoms with van der Waals surface area (Å²) >= 11 is 0. The molecule has 1 saturated heterocycles. The number of nitrogens with one attached hydrogen (secondary N) is 1. The van der Waals surface area contributed by atoms with Crippen molar-refractivity contribution < 1.29 is 53.9 Å². The summed E-state index contributed by atoms with van der Waals surface area (Å²) in [4.78, 5) is 26.4. The summed E-state index contributed by atoms with van der Waals surface area (Å²) < 4.78 is 108. The lowest BCUT2D eigenvalue weighted by molar-refractivity contribution is -0.0954. The van der Waals surface area contributed by atoms with Gasteiger partial charge in [0.05, 0.1) is 27.2 Å². The van der Waals surface area contributed by atoms with Crippen LogP contribution in [0.5, 0.6) is 11.5 Å². The number of methoxy groups -OCH3 is 2. The first-order valence-electron chi connectivity index (χ1n) is 20.1. The number of ether oxygens (including phenoxy) is 4. The third kappa shape index (κ3) is 9.13. The number of amides is 1. The monoisotopic (exact) mass is 919 g/mol. The number of hydrogen-bond acceptors (Lipinski definition) is 12. The van der Waals surface area contributed by atoms with E-state index in [1.807, 2.05) is 64.2 Å². The average molecular weight is 920 g/mol. The summed E-state index contributed by atoms with van der Waals surface area (Å²) in [6.07, 6.45) is -3.92. The number of fused-ring (bicyclic) bond motifs is 1. The first-order chi connectivity index (χ1) is 30.3. The summed E-state index contributed by atoms with van der Waals surface area (Å²) in [5.74, 6) is 0.664. The van der Waals surface area contributed by atoms with Crippen LogP contribution in [0.1, 0.15) is 54.0 Å². The number of carbonyl (C=O) groups excluding carboxylic acids is 1. The van der Waals surface area contributed by atoms with Crippen LogP contribution in [-0.2, 0) is 33.8 Å². The van der Waals surface area contributed by atoms with Crippen LogP contribution in [-0.4, -0.2) is 86.8 Å². The minimum atomic E-state index is -6.27. The molecule has 1 aliphatic rings. The van der Waals surface area contributed by atoms with Crippen LogP contribution in [0.25, 0.3) is 11.2 Å². The Bertz CT molecular complexity index is 2620. The minimum Gasteiger partial charge on any atom is -0.497 e. The molecule has 14 nitrogen and oxygen atoms in total. The second-order valence-electron chi connectivity index (χ2n) is 16.6. The zero-order valence-corrected chi connectivity index (χ0v) is 37.9. The Kier molecular flexibility index (Phi) is 13.1. The standard InChI is InChI=1S/C45H48F3N5O9SSi/c1-43(2,3)64(6,7)62-38-37(61-63(55,56)45(46,47)48)35(60-42(38)53-28-51-36-39(49-27-50-40(36)53)52-41(54)29-14-10-8-11-15-29)26-59-44(30-16-12-9-13-17-30,31-18-22-33(57-4)23-19-31)32-20-24-34(58-5)25-21-32/h8-25,27-28,35,37-38,42H,26H2,1-7H3,(H,49,50,52,54)/t35-,37-,38-,42-/m1/s1. The molecule has 19 heteroatoms. The van der Waals surface area contributed by atoms with Crippen molar-refractivity contribution in [2.24, 2.45) is 0 Å². The van der Waals surface area contributed by atoms with E-state index in [1.165, 1.54) is 31.4 Å². The van der Waals surface area contributed by atoms with Crippen LogP contribution in [0.4, 0.5) is 19.0 Å². The fraction of sp³-hybridized carbons (Fsp3) is 0.333. The lowest BCUT2D eigenvalue weighted by atomic mass is 9.80. The molecule has 3 heterocycles. The van der Waals surface area contributed by atoms with Crippen LogP contribution in [0.15, 0.2) is 122 Å². The summed E-state index contributed by atoms with van der Waals surface area (Å²) in [5.41, 5.74) is -4.93. The van der Waals surface area contributed by atoms with Gasteiger partial charge in [-0.1, -0.05) is 93.6 Å². The molecule has 2 aromatic heterocycles. The van der Waals surface area contributed by atoms with E-state index in [1.54, 1.807) is 78.9 Å². The summed E-state index contributed by atoms with van der Waals surface area (Å²) in [6.45, 7) is 8.95. The molecule has 4 aromatic carbocycles. The molecule has 7 rings (SSSR count). The fourth-order valence-electron chi connectivity index (χ4n) is 7.21. The SMILES string of the molecule is COc1ccc(C(OC[C@H]2O[C@@H](n3cnc4c(NC(=O)c5ccccc5)ncnc43)[C@H](O[Si](C)(C)C(C)(C)C)[C@@H]2OS(=O)(=O)C(F)(F)F)(c2ccccc2)c2ccc(OC)cc2)cc1. The Hall–Kier alpha value is -5.70. The van der Waals surface area contributed by atoms with Gasteiger partial charge in [0.2, 0.25) is 0 Å². The number of anilines is 1. The summed E-state index contributed by atoms with van der Waals surface area (Å²) in [7, 11) is -6.23. The van der Waals surface area contributed by atoms with Crippen molar-refractivity contribution in [3.05, 3.63) is 144 Å². The molecule has 1 amide bonds. The second kappa shape index (κ2) is 18.1. The van der Waals surface area contributed by atoms with Gasteiger partial charge in [-0.05, 0) is 71.2 Å². The van der Waals surface area contributed by atoms with Crippen LogP contribution < -0.4 is 14.8 Å². The molecule has 1 aliphatic heterocycles. The third-order valence-electron chi connectivity index (χ3n) is 11.6. The number of halogens is 3. The normalized spacial score (nSPS) is 18.5. The molecule has 6 aromatic rings. The highest BCUT2D eigenvalue weighted by molar-refractivity contribution is 7.87.